The fourth-order valence-electron chi connectivity index (χ4n) is 1.98. The molecule has 0 saturated carbocycles. The number of aromatic nitrogens is 6. The quantitative estimate of drug-likeness (QED) is 0.616. The van der Waals surface area contributed by atoms with Crippen LogP contribution in [0.1, 0.15) is 11.7 Å². The Balaban J connectivity index is 1.55. The van der Waals surface area contributed by atoms with E-state index < -0.39 is 0 Å². The lowest BCUT2D eigenvalue weighted by molar-refractivity contribution is -0.115. The second kappa shape index (κ2) is 7.75. The van der Waals surface area contributed by atoms with Crippen LogP contribution >= 0.6 is 11.8 Å². The Morgan fingerprint density at radius 3 is 3.00 bits per heavy atom. The largest absolute Gasteiger partial charge is 0.495 e. The Morgan fingerprint density at radius 2 is 2.24 bits per heavy atom. The van der Waals surface area contributed by atoms with Crippen LogP contribution < -0.4 is 10.1 Å². The fraction of sp³-hybridized carbons (Fsp3) is 0.286. The molecule has 1 amide bonds. The molecule has 130 valence electrons. The summed E-state index contributed by atoms with van der Waals surface area (Å²) in [6.45, 7) is 0. The van der Waals surface area contributed by atoms with Crippen LogP contribution in [-0.4, -0.2) is 43.4 Å². The molecule has 1 aromatic carbocycles. The van der Waals surface area contributed by atoms with E-state index in [1.807, 2.05) is 12.1 Å². The molecule has 0 radical (unpaired) electrons. The second-order valence-corrected chi connectivity index (χ2v) is 5.85. The standard InChI is InChI=1S/C14H15N7O3S/c1-21-14(17-19-20-21)25-8-13-16-11(18-24-13)7-12(22)15-9-5-3-4-6-10(9)23-2/h3-6H,7-8H2,1-2H3,(H,15,22). The molecule has 1 N–H and O–H groups in total. The van der Waals surface area contributed by atoms with E-state index in [-0.39, 0.29) is 12.3 Å². The van der Waals surface area contributed by atoms with Crippen molar-refractivity contribution in [1.82, 2.24) is 30.3 Å². The van der Waals surface area contributed by atoms with Gasteiger partial charge in [-0.15, -0.1) is 5.10 Å². The number of aryl methyl sites for hydroxylation is 1. The fourth-order valence-corrected chi connectivity index (χ4v) is 2.66. The second-order valence-electron chi connectivity index (χ2n) is 4.90. The van der Waals surface area contributed by atoms with E-state index in [9.17, 15) is 4.79 Å². The average molecular weight is 361 g/mol. The van der Waals surface area contributed by atoms with Gasteiger partial charge in [0, 0.05) is 7.05 Å². The number of ether oxygens (including phenoxy) is 1. The third-order valence-corrected chi connectivity index (χ3v) is 4.11. The lowest BCUT2D eigenvalue weighted by Crippen LogP contribution is -2.15. The smallest absolute Gasteiger partial charge is 0.237 e. The van der Waals surface area contributed by atoms with Gasteiger partial charge in [-0.25, -0.2) is 4.68 Å². The van der Waals surface area contributed by atoms with Gasteiger partial charge in [0.05, 0.1) is 25.0 Å². The van der Waals surface area contributed by atoms with E-state index in [1.54, 1.807) is 31.0 Å². The Hall–Kier alpha value is -2.95. The van der Waals surface area contributed by atoms with Crippen LogP contribution in [0.2, 0.25) is 0 Å². The number of para-hydroxylation sites is 2. The number of nitrogens with zero attached hydrogens (tertiary/aromatic N) is 6. The molecule has 0 fully saturated rings. The molecule has 0 bridgehead atoms. The van der Waals surface area contributed by atoms with E-state index in [4.69, 9.17) is 9.26 Å². The van der Waals surface area contributed by atoms with Crippen molar-refractivity contribution in [3.05, 3.63) is 36.0 Å². The van der Waals surface area contributed by atoms with Gasteiger partial charge in [0.15, 0.2) is 5.82 Å². The van der Waals surface area contributed by atoms with Crippen molar-refractivity contribution in [3.63, 3.8) is 0 Å². The molecule has 3 aromatic rings. The number of anilines is 1. The Bertz CT molecular complexity index is 863. The minimum Gasteiger partial charge on any atom is -0.495 e. The van der Waals surface area contributed by atoms with E-state index in [2.05, 4.69) is 31.0 Å². The maximum Gasteiger partial charge on any atom is 0.237 e. The topological polar surface area (TPSA) is 121 Å². The molecular formula is C14H15N7O3S. The number of thioether (sulfide) groups is 1. The van der Waals surface area contributed by atoms with E-state index >= 15 is 0 Å². The van der Waals surface area contributed by atoms with Gasteiger partial charge in [0.1, 0.15) is 5.75 Å². The SMILES string of the molecule is COc1ccccc1NC(=O)Cc1noc(CSc2nnnn2C)n1. The van der Waals surface area contributed by atoms with Crippen molar-refractivity contribution >= 4 is 23.4 Å². The van der Waals surface area contributed by atoms with Gasteiger partial charge in [-0.2, -0.15) is 4.98 Å². The maximum atomic E-state index is 12.1. The zero-order valence-electron chi connectivity index (χ0n) is 13.5. The van der Waals surface area contributed by atoms with Crippen LogP contribution in [0, 0.1) is 0 Å². The number of methoxy groups -OCH3 is 1. The monoisotopic (exact) mass is 361 g/mol. The van der Waals surface area contributed by atoms with Crippen molar-refractivity contribution in [3.8, 4) is 5.75 Å². The molecule has 2 aromatic heterocycles. The molecule has 25 heavy (non-hydrogen) atoms. The number of rotatable bonds is 7. The zero-order valence-corrected chi connectivity index (χ0v) is 14.4. The van der Waals surface area contributed by atoms with Crippen molar-refractivity contribution < 1.29 is 14.1 Å². The summed E-state index contributed by atoms with van der Waals surface area (Å²) >= 11 is 1.36. The Morgan fingerprint density at radius 1 is 1.40 bits per heavy atom. The van der Waals surface area contributed by atoms with E-state index in [0.29, 0.717) is 34.1 Å². The van der Waals surface area contributed by atoms with Crippen LogP contribution in [-0.2, 0) is 24.0 Å². The molecule has 11 heteroatoms. The third-order valence-electron chi connectivity index (χ3n) is 3.12. The zero-order chi connectivity index (χ0) is 17.6. The molecule has 0 saturated heterocycles. The van der Waals surface area contributed by atoms with Crippen LogP contribution in [0.3, 0.4) is 0 Å². The van der Waals surface area contributed by atoms with Gasteiger partial charge < -0.3 is 14.6 Å². The number of amides is 1. The van der Waals surface area contributed by atoms with Gasteiger partial charge in [-0.05, 0) is 22.6 Å². The minimum absolute atomic E-state index is 0.00225. The maximum absolute atomic E-state index is 12.1. The summed E-state index contributed by atoms with van der Waals surface area (Å²) < 4.78 is 11.9. The summed E-state index contributed by atoms with van der Waals surface area (Å²) in [4.78, 5) is 16.3. The number of tetrazole rings is 1. The van der Waals surface area contributed by atoms with Gasteiger partial charge >= 0.3 is 0 Å². The van der Waals surface area contributed by atoms with E-state index in [1.165, 1.54) is 11.8 Å². The number of carbonyl (C=O) groups excluding carboxylic acids is 1. The highest BCUT2D eigenvalue weighted by atomic mass is 32.2. The lowest BCUT2D eigenvalue weighted by atomic mass is 10.2. The number of carbonyl (C=O) groups is 1. The molecule has 3 rings (SSSR count). The van der Waals surface area contributed by atoms with Crippen molar-refractivity contribution in [2.45, 2.75) is 17.3 Å². The van der Waals surface area contributed by atoms with Crippen LogP contribution in [0.5, 0.6) is 5.75 Å². The van der Waals surface area contributed by atoms with Crippen LogP contribution in [0.4, 0.5) is 5.69 Å². The number of nitrogens with one attached hydrogen (secondary N) is 1. The van der Waals surface area contributed by atoms with Crippen LogP contribution in [0.15, 0.2) is 33.9 Å². The Labute approximate surface area is 146 Å². The molecule has 10 nitrogen and oxygen atoms in total. The molecule has 0 aliphatic rings. The normalized spacial score (nSPS) is 10.6. The number of hydrogen-bond donors (Lipinski definition) is 1. The number of hydrogen-bond acceptors (Lipinski definition) is 9. The first-order chi connectivity index (χ1) is 12.2. The summed E-state index contributed by atoms with van der Waals surface area (Å²) in [5.74, 6) is 1.43. The van der Waals surface area contributed by atoms with E-state index in [0.717, 1.165) is 0 Å². The summed E-state index contributed by atoms with van der Waals surface area (Å²) in [5.41, 5.74) is 0.587. The Kier molecular flexibility index (Phi) is 5.23. The van der Waals surface area contributed by atoms with Crippen molar-refractivity contribution in [1.29, 1.82) is 0 Å². The highest BCUT2D eigenvalue weighted by molar-refractivity contribution is 7.98. The first-order valence-corrected chi connectivity index (χ1v) is 8.23. The summed E-state index contributed by atoms with van der Waals surface area (Å²) in [5, 5.41) is 18.3. The minimum atomic E-state index is -0.262. The molecule has 2 heterocycles. The average Bonchev–Trinajstić information content (AvgIpc) is 3.22. The summed E-state index contributed by atoms with van der Waals surface area (Å²) in [6.07, 6.45) is -0.00225. The predicted octanol–water partition coefficient (Wildman–Crippen LogP) is 1.08. The molecule has 0 aliphatic carbocycles. The highest BCUT2D eigenvalue weighted by Crippen LogP contribution is 2.23. The first kappa shape index (κ1) is 16.9. The molecule has 0 unspecified atom stereocenters. The molecular weight excluding hydrogens is 346 g/mol. The molecule has 0 atom stereocenters. The van der Waals surface area contributed by atoms with Gasteiger partial charge in [0.2, 0.25) is 17.0 Å². The van der Waals surface area contributed by atoms with Gasteiger partial charge in [0.25, 0.3) is 0 Å². The van der Waals surface area contributed by atoms with Gasteiger partial charge in [-0.1, -0.05) is 29.1 Å². The van der Waals surface area contributed by atoms with Gasteiger partial charge in [-0.3, -0.25) is 4.79 Å². The van der Waals surface area contributed by atoms with Crippen molar-refractivity contribution in [2.75, 3.05) is 12.4 Å². The third kappa shape index (κ3) is 4.32. The van der Waals surface area contributed by atoms with Crippen molar-refractivity contribution in [2.24, 2.45) is 7.05 Å². The summed E-state index contributed by atoms with van der Waals surface area (Å²) in [6, 6.07) is 7.15. The summed E-state index contributed by atoms with van der Waals surface area (Å²) in [7, 11) is 3.28. The van der Waals surface area contributed by atoms with Crippen LogP contribution in [0.25, 0.3) is 0 Å². The molecule has 0 spiro atoms. The predicted molar refractivity (Wildman–Crippen MR) is 88.0 cm³/mol. The number of benzene rings is 1. The molecule has 0 aliphatic heterocycles. The highest BCUT2D eigenvalue weighted by Gasteiger charge is 2.14. The lowest BCUT2D eigenvalue weighted by Gasteiger charge is -2.08. The first-order valence-electron chi connectivity index (χ1n) is 7.25.